The van der Waals surface area contributed by atoms with Crippen molar-refractivity contribution in [3.05, 3.63) is 0 Å². The molecule has 0 aromatic carbocycles. The Kier molecular flexibility index (Phi) is 2.86. The zero-order valence-electron chi connectivity index (χ0n) is 8.37. The summed E-state index contributed by atoms with van der Waals surface area (Å²) in [6.07, 6.45) is 4.44. The molecule has 2 aliphatic rings. The molecule has 1 aliphatic heterocycles. The smallest absolute Gasteiger partial charge is 0.0570 e. The van der Waals surface area contributed by atoms with Crippen LogP contribution < -0.4 is 5.32 Å². The number of rotatable bonds is 2. The molecule has 2 N–H and O–H groups in total. The van der Waals surface area contributed by atoms with Crippen LogP contribution in [-0.2, 0) is 0 Å². The van der Waals surface area contributed by atoms with Gasteiger partial charge in [-0.15, -0.1) is 0 Å². The molecular weight excluding hydrogens is 164 g/mol. The number of likely N-dealkylation sites (tertiary alicyclic amines) is 1. The first-order valence-corrected chi connectivity index (χ1v) is 5.36. The van der Waals surface area contributed by atoms with Gasteiger partial charge in [-0.05, 0) is 45.8 Å². The number of nitrogens with zero attached hydrogens (tertiary/aromatic N) is 1. The molecule has 0 unspecified atom stereocenters. The average Bonchev–Trinajstić information content (AvgIpc) is 2.06. The number of nitrogens with one attached hydrogen (secondary N) is 1. The maximum atomic E-state index is 9.14. The topological polar surface area (TPSA) is 35.5 Å². The number of piperidine rings is 1. The fourth-order valence-electron chi connectivity index (χ4n) is 2.23. The van der Waals surface area contributed by atoms with E-state index in [0.29, 0.717) is 12.1 Å². The summed E-state index contributed by atoms with van der Waals surface area (Å²) in [4.78, 5) is 2.38. The molecule has 1 aliphatic carbocycles. The van der Waals surface area contributed by atoms with Gasteiger partial charge >= 0.3 is 0 Å². The lowest BCUT2D eigenvalue weighted by Crippen LogP contribution is -2.51. The lowest BCUT2D eigenvalue weighted by atomic mass is 9.88. The Balaban J connectivity index is 1.65. The van der Waals surface area contributed by atoms with Gasteiger partial charge in [-0.1, -0.05) is 0 Å². The van der Waals surface area contributed by atoms with Crippen molar-refractivity contribution in [3.63, 3.8) is 0 Å². The van der Waals surface area contributed by atoms with Gasteiger partial charge in [0, 0.05) is 12.1 Å². The van der Waals surface area contributed by atoms with Crippen molar-refractivity contribution in [2.24, 2.45) is 0 Å². The van der Waals surface area contributed by atoms with E-state index in [2.05, 4.69) is 17.3 Å². The zero-order valence-corrected chi connectivity index (χ0v) is 8.37. The van der Waals surface area contributed by atoms with Gasteiger partial charge in [-0.25, -0.2) is 0 Å². The van der Waals surface area contributed by atoms with E-state index >= 15 is 0 Å². The van der Waals surface area contributed by atoms with E-state index in [9.17, 15) is 0 Å². The third-order valence-electron chi connectivity index (χ3n) is 3.30. The van der Waals surface area contributed by atoms with Crippen LogP contribution in [0.5, 0.6) is 0 Å². The second-order valence-electron chi connectivity index (χ2n) is 4.57. The molecule has 1 saturated carbocycles. The van der Waals surface area contributed by atoms with E-state index in [1.54, 1.807) is 0 Å². The summed E-state index contributed by atoms with van der Waals surface area (Å²) in [5.74, 6) is 0. The summed E-state index contributed by atoms with van der Waals surface area (Å²) in [6, 6.07) is 1.30. The molecule has 0 bridgehead atoms. The van der Waals surface area contributed by atoms with Crippen LogP contribution in [0, 0.1) is 0 Å². The molecule has 0 atom stereocenters. The Morgan fingerprint density at radius 3 is 2.31 bits per heavy atom. The van der Waals surface area contributed by atoms with E-state index in [1.165, 1.54) is 25.9 Å². The predicted molar refractivity (Wildman–Crippen MR) is 52.7 cm³/mol. The second-order valence-corrected chi connectivity index (χ2v) is 4.57. The highest BCUT2D eigenvalue weighted by atomic mass is 16.3. The van der Waals surface area contributed by atoms with E-state index in [4.69, 9.17) is 5.11 Å². The number of hydrogen-bond donors (Lipinski definition) is 2. The van der Waals surface area contributed by atoms with Gasteiger partial charge in [0.2, 0.25) is 0 Å². The first-order chi connectivity index (χ1) is 6.24. The van der Waals surface area contributed by atoms with Crippen LogP contribution in [0.25, 0.3) is 0 Å². The summed E-state index contributed by atoms with van der Waals surface area (Å²) in [5.41, 5.74) is 0. The fraction of sp³-hybridized carbons (Fsp3) is 1.00. The Morgan fingerprint density at radius 1 is 1.15 bits per heavy atom. The molecule has 0 radical (unpaired) electrons. The minimum Gasteiger partial charge on any atom is -0.393 e. The predicted octanol–water partition coefficient (Wildman–Crippen LogP) is 0.193. The number of aliphatic hydroxyl groups excluding tert-OH is 1. The van der Waals surface area contributed by atoms with Gasteiger partial charge in [0.1, 0.15) is 0 Å². The molecule has 2 rings (SSSR count). The van der Waals surface area contributed by atoms with Crippen molar-refractivity contribution in [2.75, 3.05) is 20.1 Å². The van der Waals surface area contributed by atoms with Crippen molar-refractivity contribution in [2.45, 2.75) is 43.9 Å². The number of hydrogen-bond acceptors (Lipinski definition) is 3. The normalized spacial score (nSPS) is 37.4. The van der Waals surface area contributed by atoms with Crippen LogP contribution in [-0.4, -0.2) is 48.3 Å². The summed E-state index contributed by atoms with van der Waals surface area (Å²) < 4.78 is 0. The summed E-state index contributed by atoms with van der Waals surface area (Å²) >= 11 is 0. The van der Waals surface area contributed by atoms with Crippen molar-refractivity contribution >= 4 is 0 Å². The van der Waals surface area contributed by atoms with Crippen LogP contribution in [0.15, 0.2) is 0 Å². The zero-order chi connectivity index (χ0) is 9.26. The minimum atomic E-state index is -0.0243. The van der Waals surface area contributed by atoms with E-state index in [-0.39, 0.29) is 6.10 Å². The first kappa shape index (κ1) is 9.44. The van der Waals surface area contributed by atoms with Crippen LogP contribution in [0.4, 0.5) is 0 Å². The quantitative estimate of drug-likeness (QED) is 0.643. The highest BCUT2D eigenvalue weighted by Crippen LogP contribution is 2.21. The molecule has 1 heterocycles. The third kappa shape index (κ3) is 2.42. The fourth-order valence-corrected chi connectivity index (χ4v) is 2.23. The van der Waals surface area contributed by atoms with E-state index in [1.807, 2.05) is 0 Å². The monoisotopic (exact) mass is 184 g/mol. The van der Waals surface area contributed by atoms with Crippen LogP contribution >= 0.6 is 0 Å². The Hall–Kier alpha value is -0.120. The SMILES string of the molecule is CN1CCC(NC2CC(O)C2)CC1. The lowest BCUT2D eigenvalue weighted by Gasteiger charge is -2.38. The van der Waals surface area contributed by atoms with E-state index in [0.717, 1.165) is 12.8 Å². The average molecular weight is 184 g/mol. The molecule has 0 spiro atoms. The van der Waals surface area contributed by atoms with Gasteiger partial charge in [-0.2, -0.15) is 0 Å². The van der Waals surface area contributed by atoms with Crippen molar-refractivity contribution in [1.82, 2.24) is 10.2 Å². The van der Waals surface area contributed by atoms with Gasteiger partial charge < -0.3 is 15.3 Å². The molecule has 0 aromatic heterocycles. The van der Waals surface area contributed by atoms with Crippen LogP contribution in [0.2, 0.25) is 0 Å². The summed E-state index contributed by atoms with van der Waals surface area (Å²) in [5, 5.41) is 12.8. The Labute approximate surface area is 80.1 Å². The molecule has 3 nitrogen and oxygen atoms in total. The lowest BCUT2D eigenvalue weighted by molar-refractivity contribution is 0.0532. The second kappa shape index (κ2) is 3.95. The van der Waals surface area contributed by atoms with E-state index < -0.39 is 0 Å². The Morgan fingerprint density at radius 2 is 1.77 bits per heavy atom. The van der Waals surface area contributed by atoms with Gasteiger partial charge in [-0.3, -0.25) is 0 Å². The van der Waals surface area contributed by atoms with Crippen LogP contribution in [0.1, 0.15) is 25.7 Å². The van der Waals surface area contributed by atoms with Gasteiger partial charge in [0.15, 0.2) is 0 Å². The standard InChI is InChI=1S/C10H20N2O/c1-12-4-2-8(3-5-12)11-9-6-10(13)7-9/h8-11,13H,2-7H2,1H3. The van der Waals surface area contributed by atoms with Crippen molar-refractivity contribution in [3.8, 4) is 0 Å². The van der Waals surface area contributed by atoms with Crippen LogP contribution in [0.3, 0.4) is 0 Å². The molecule has 3 heteroatoms. The maximum absolute atomic E-state index is 9.14. The molecule has 0 amide bonds. The Bertz CT molecular complexity index is 160. The molecular formula is C10H20N2O. The molecule has 13 heavy (non-hydrogen) atoms. The van der Waals surface area contributed by atoms with Gasteiger partial charge in [0.25, 0.3) is 0 Å². The first-order valence-electron chi connectivity index (χ1n) is 5.36. The van der Waals surface area contributed by atoms with Crippen molar-refractivity contribution in [1.29, 1.82) is 0 Å². The minimum absolute atomic E-state index is 0.0243. The largest absolute Gasteiger partial charge is 0.393 e. The molecule has 0 aromatic rings. The molecule has 76 valence electrons. The third-order valence-corrected chi connectivity index (χ3v) is 3.30. The summed E-state index contributed by atoms with van der Waals surface area (Å²) in [7, 11) is 2.18. The molecule has 2 fully saturated rings. The summed E-state index contributed by atoms with van der Waals surface area (Å²) in [6.45, 7) is 2.43. The highest BCUT2D eigenvalue weighted by molar-refractivity contribution is 4.88. The number of aliphatic hydroxyl groups is 1. The highest BCUT2D eigenvalue weighted by Gasteiger charge is 2.29. The molecule has 1 saturated heterocycles. The maximum Gasteiger partial charge on any atom is 0.0570 e. The van der Waals surface area contributed by atoms with Crippen molar-refractivity contribution < 1.29 is 5.11 Å². The van der Waals surface area contributed by atoms with Gasteiger partial charge in [0.05, 0.1) is 6.10 Å².